The third-order valence-corrected chi connectivity index (χ3v) is 4.62. The number of carbonyl (C=O) groups excluding carboxylic acids is 2. The van der Waals surface area contributed by atoms with Crippen LogP contribution < -0.4 is 15.9 Å². The zero-order valence-electron chi connectivity index (χ0n) is 22.5. The van der Waals surface area contributed by atoms with Crippen LogP contribution in [0.3, 0.4) is 0 Å². The van der Waals surface area contributed by atoms with Crippen molar-refractivity contribution in [2.45, 2.75) is 126 Å². The predicted molar refractivity (Wildman–Crippen MR) is 126 cm³/mol. The summed E-state index contributed by atoms with van der Waals surface area (Å²) in [5.74, 6) is -2.82. The minimum Gasteiger partial charge on any atom is -0.550 e. The average Bonchev–Trinajstić information content (AvgIpc) is 2.58. The van der Waals surface area contributed by atoms with E-state index in [1.807, 2.05) is 0 Å². The van der Waals surface area contributed by atoms with Gasteiger partial charge < -0.3 is 30.6 Å². The van der Waals surface area contributed by atoms with Gasteiger partial charge in [-0.15, -0.1) is 0 Å². The van der Waals surface area contributed by atoms with Gasteiger partial charge in [0.1, 0.15) is 0 Å². The SMILES string of the molecule is CC(C)(C)CCCCCC(=O)O.CC(C)(C)CCCCCC(=O)[O-].CC(C)[C@H](N)C(=O)[O-].[Zn+2]. The summed E-state index contributed by atoms with van der Waals surface area (Å²) in [5, 5.41) is 28.3. The third kappa shape index (κ3) is 41.7. The van der Waals surface area contributed by atoms with Crippen LogP contribution in [0.2, 0.25) is 0 Å². The van der Waals surface area contributed by atoms with Crippen LogP contribution in [-0.2, 0) is 33.9 Å². The smallest absolute Gasteiger partial charge is 0.550 e. The van der Waals surface area contributed by atoms with Gasteiger partial charge >= 0.3 is 25.4 Å². The second kappa shape index (κ2) is 21.5. The van der Waals surface area contributed by atoms with Gasteiger partial charge in [0, 0.05) is 18.4 Å². The average molecular weight is 525 g/mol. The van der Waals surface area contributed by atoms with E-state index in [0.29, 0.717) is 17.3 Å². The van der Waals surface area contributed by atoms with Gasteiger partial charge in [-0.1, -0.05) is 81.1 Å². The van der Waals surface area contributed by atoms with E-state index in [9.17, 15) is 24.6 Å². The summed E-state index contributed by atoms with van der Waals surface area (Å²) in [6, 6.07) is -0.824. The van der Waals surface area contributed by atoms with Crippen molar-refractivity contribution in [1.82, 2.24) is 0 Å². The van der Waals surface area contributed by atoms with E-state index in [1.54, 1.807) is 13.8 Å². The number of aliphatic carboxylic acids is 3. The molecule has 0 aliphatic heterocycles. The molecule has 0 bridgehead atoms. The minimum absolute atomic E-state index is 0. The molecule has 1 atom stereocenters. The van der Waals surface area contributed by atoms with E-state index in [-0.39, 0.29) is 31.8 Å². The van der Waals surface area contributed by atoms with Gasteiger partial charge in [-0.25, -0.2) is 0 Å². The molecule has 0 radical (unpaired) electrons. The Hall–Kier alpha value is -1.01. The second-order valence-electron chi connectivity index (χ2n) is 11.1. The Morgan fingerprint density at radius 1 is 0.758 bits per heavy atom. The molecule has 0 rings (SSSR count). The summed E-state index contributed by atoms with van der Waals surface area (Å²) in [5.41, 5.74) is 5.87. The van der Waals surface area contributed by atoms with Gasteiger partial charge in [0.15, 0.2) is 0 Å². The molecule has 0 spiro atoms. The molecule has 0 fully saturated rings. The normalized spacial score (nSPS) is 11.8. The molecule has 0 aliphatic carbocycles. The summed E-state index contributed by atoms with van der Waals surface area (Å²) in [6.07, 6.45) is 8.80. The van der Waals surface area contributed by atoms with Gasteiger partial charge in [0.2, 0.25) is 0 Å². The number of hydrogen-bond acceptors (Lipinski definition) is 6. The van der Waals surface area contributed by atoms with Crippen LogP contribution in [0.5, 0.6) is 0 Å². The summed E-state index contributed by atoms with van der Waals surface area (Å²) >= 11 is 0. The first-order valence-electron chi connectivity index (χ1n) is 11.8. The van der Waals surface area contributed by atoms with Crippen molar-refractivity contribution in [2.24, 2.45) is 22.5 Å². The van der Waals surface area contributed by atoms with Crippen molar-refractivity contribution in [3.63, 3.8) is 0 Å². The molecule has 0 aliphatic rings. The molecule has 0 aromatic carbocycles. The molecule has 0 aromatic rings. The molecule has 192 valence electrons. The minimum atomic E-state index is -1.18. The van der Waals surface area contributed by atoms with Crippen molar-refractivity contribution in [3.05, 3.63) is 0 Å². The zero-order valence-corrected chi connectivity index (χ0v) is 25.5. The fourth-order valence-electron chi connectivity index (χ4n) is 2.48. The molecule has 8 heteroatoms. The Kier molecular flexibility index (Phi) is 25.6. The van der Waals surface area contributed by atoms with Crippen LogP contribution in [0.4, 0.5) is 0 Å². The van der Waals surface area contributed by atoms with Gasteiger partial charge in [0.25, 0.3) is 0 Å². The molecule has 0 aromatic heterocycles. The third-order valence-electron chi connectivity index (χ3n) is 4.62. The molecule has 0 saturated heterocycles. The first-order chi connectivity index (χ1) is 14.4. The van der Waals surface area contributed by atoms with Gasteiger partial charge in [0.05, 0.1) is 5.97 Å². The Labute approximate surface area is 215 Å². The maximum absolute atomic E-state index is 10.2. The van der Waals surface area contributed by atoms with Crippen LogP contribution in [0.15, 0.2) is 0 Å². The number of carboxylic acids is 3. The van der Waals surface area contributed by atoms with Gasteiger partial charge in [-0.2, -0.15) is 0 Å². The number of unbranched alkanes of at least 4 members (excludes halogenated alkanes) is 4. The molecule has 0 unspecified atom stereocenters. The van der Waals surface area contributed by atoms with E-state index in [1.165, 1.54) is 12.8 Å². The fourth-order valence-corrected chi connectivity index (χ4v) is 2.48. The number of carbonyl (C=O) groups is 3. The summed E-state index contributed by atoms with van der Waals surface area (Å²) in [4.78, 5) is 30.1. The van der Waals surface area contributed by atoms with Crippen molar-refractivity contribution >= 4 is 17.9 Å². The molecule has 3 N–H and O–H groups in total. The van der Waals surface area contributed by atoms with E-state index in [0.717, 1.165) is 38.5 Å². The van der Waals surface area contributed by atoms with Crippen LogP contribution in [0.25, 0.3) is 0 Å². The summed E-state index contributed by atoms with van der Waals surface area (Å²) in [7, 11) is 0. The van der Waals surface area contributed by atoms with Gasteiger partial charge in [-0.05, 0) is 48.9 Å². The first-order valence-corrected chi connectivity index (χ1v) is 11.8. The maximum Gasteiger partial charge on any atom is 2.00 e. The van der Waals surface area contributed by atoms with E-state index in [2.05, 4.69) is 41.5 Å². The van der Waals surface area contributed by atoms with Crippen LogP contribution in [0.1, 0.15) is 120 Å². The number of hydrogen-bond donors (Lipinski definition) is 2. The Morgan fingerprint density at radius 2 is 1.12 bits per heavy atom. The zero-order chi connectivity index (χ0) is 26.0. The van der Waals surface area contributed by atoms with Crippen molar-refractivity contribution in [1.29, 1.82) is 0 Å². The topological polar surface area (TPSA) is 144 Å². The molecular weight excluding hydrogens is 476 g/mol. The second-order valence-corrected chi connectivity index (χ2v) is 11.1. The Bertz CT molecular complexity index is 476. The van der Waals surface area contributed by atoms with E-state index >= 15 is 0 Å². The molecular formula is C25H49NO6Zn. The maximum atomic E-state index is 10.2. The predicted octanol–water partition coefficient (Wildman–Crippen LogP) is 3.52. The molecule has 0 amide bonds. The quantitative estimate of drug-likeness (QED) is 0.293. The van der Waals surface area contributed by atoms with Crippen LogP contribution in [-0.4, -0.2) is 29.1 Å². The Balaban J connectivity index is -0.000000193. The standard InChI is InChI=1S/2C10H20O2.C5H11NO2.Zn/c2*1-10(2,3)8-6-4-5-7-9(11)12;1-3(2)4(6)5(7)8;/h2*4-8H2,1-3H3,(H,11,12);3-4H,6H2,1-2H3,(H,7,8);/q;;;+2/p-2/t;;4-;/m..0./s1. The number of carboxylic acid groups (broad SMARTS) is 3. The Morgan fingerprint density at radius 3 is 1.33 bits per heavy atom. The number of nitrogens with two attached hydrogens (primary N) is 1. The molecule has 7 nitrogen and oxygen atoms in total. The van der Waals surface area contributed by atoms with Crippen LogP contribution in [0, 0.1) is 16.7 Å². The van der Waals surface area contributed by atoms with Crippen molar-refractivity contribution in [2.75, 3.05) is 0 Å². The van der Waals surface area contributed by atoms with E-state index in [4.69, 9.17) is 10.8 Å². The molecule has 33 heavy (non-hydrogen) atoms. The molecule has 0 heterocycles. The van der Waals surface area contributed by atoms with E-state index < -0.39 is 23.9 Å². The van der Waals surface area contributed by atoms with Crippen molar-refractivity contribution < 1.29 is 49.2 Å². The fraction of sp³-hybridized carbons (Fsp3) is 0.880. The first kappa shape index (κ1) is 39.2. The molecule has 0 saturated carbocycles. The van der Waals surface area contributed by atoms with Gasteiger partial charge in [-0.3, -0.25) is 4.79 Å². The monoisotopic (exact) mass is 523 g/mol. The van der Waals surface area contributed by atoms with Crippen molar-refractivity contribution in [3.8, 4) is 0 Å². The summed E-state index contributed by atoms with van der Waals surface area (Å²) < 4.78 is 0. The number of rotatable bonds is 12. The largest absolute Gasteiger partial charge is 2.00 e. The summed E-state index contributed by atoms with van der Waals surface area (Å²) in [6.45, 7) is 16.7. The van der Waals surface area contributed by atoms with Crippen LogP contribution >= 0.6 is 0 Å².